The molecule has 0 bridgehead atoms. The molecule has 37 heavy (non-hydrogen) atoms. The van der Waals surface area contributed by atoms with Crippen molar-refractivity contribution >= 4 is 44.9 Å². The molecule has 1 N–H and O–H groups in total. The van der Waals surface area contributed by atoms with E-state index in [1.54, 1.807) is 11.3 Å². The lowest BCUT2D eigenvalue weighted by Gasteiger charge is -2.55. The number of nitrogens with zero attached hydrogens (tertiary/aromatic N) is 3. The Morgan fingerprint density at radius 3 is 2.78 bits per heavy atom. The topological polar surface area (TPSA) is 65.9 Å². The largest absolute Gasteiger partial charge is 0.444 e. The van der Waals surface area contributed by atoms with Crippen molar-refractivity contribution in [3.8, 4) is 11.1 Å². The van der Waals surface area contributed by atoms with Crippen LogP contribution in [-0.2, 0) is 17.8 Å². The summed E-state index contributed by atoms with van der Waals surface area (Å²) in [5.74, 6) is 0. The summed E-state index contributed by atoms with van der Waals surface area (Å²) < 4.78 is 6.85. The molecule has 1 amide bonds. The van der Waals surface area contributed by atoms with Crippen molar-refractivity contribution in [3.05, 3.63) is 45.9 Å². The van der Waals surface area contributed by atoms with Crippen LogP contribution in [0.1, 0.15) is 63.3 Å². The number of carbonyl (C=O) groups is 1. The number of aryl methyl sites for hydroxylation is 1. The first-order valence-corrected chi connectivity index (χ1v) is 14.5. The van der Waals surface area contributed by atoms with E-state index in [0.717, 1.165) is 82.9 Å². The van der Waals surface area contributed by atoms with Crippen LogP contribution in [0, 0.1) is 0 Å². The van der Waals surface area contributed by atoms with Crippen LogP contribution in [0.4, 0.5) is 10.5 Å². The van der Waals surface area contributed by atoms with Crippen LogP contribution < -0.4 is 4.90 Å². The van der Waals surface area contributed by atoms with Gasteiger partial charge in [-0.25, -0.2) is 4.79 Å². The Bertz CT molecular complexity index is 1360. The quantitative estimate of drug-likeness (QED) is 0.397. The zero-order valence-electron chi connectivity index (χ0n) is 21.7. The van der Waals surface area contributed by atoms with Crippen LogP contribution in [0.15, 0.2) is 30.5 Å². The third-order valence-electron chi connectivity index (χ3n) is 8.08. The van der Waals surface area contributed by atoms with Gasteiger partial charge < -0.3 is 19.6 Å². The van der Waals surface area contributed by atoms with Gasteiger partial charge in [0.2, 0.25) is 0 Å². The number of aliphatic hydroxyl groups excluding tert-OH is 1. The molecule has 0 radical (unpaired) electrons. The van der Waals surface area contributed by atoms with E-state index >= 15 is 0 Å². The predicted octanol–water partition coefficient (Wildman–Crippen LogP) is 6.79. The van der Waals surface area contributed by atoms with E-state index in [1.807, 2.05) is 37.9 Å². The third kappa shape index (κ3) is 4.39. The minimum Gasteiger partial charge on any atom is -0.444 e. The number of aliphatic hydroxyl groups is 1. The number of hydrogen-bond acceptors (Lipinski definition) is 6. The lowest BCUT2D eigenvalue weighted by Crippen LogP contribution is -2.63. The normalized spacial score (nSPS) is 23.4. The molecule has 6 rings (SSSR count). The summed E-state index contributed by atoms with van der Waals surface area (Å²) >= 11 is 8.26. The average molecular weight is 540 g/mol. The highest BCUT2D eigenvalue weighted by Gasteiger charge is 2.55. The van der Waals surface area contributed by atoms with E-state index in [4.69, 9.17) is 16.3 Å². The van der Waals surface area contributed by atoms with Gasteiger partial charge in [-0.1, -0.05) is 11.6 Å². The van der Waals surface area contributed by atoms with Gasteiger partial charge >= 0.3 is 6.09 Å². The summed E-state index contributed by atoms with van der Waals surface area (Å²) in [7, 11) is 0. The van der Waals surface area contributed by atoms with Gasteiger partial charge in [0.15, 0.2) is 0 Å². The summed E-state index contributed by atoms with van der Waals surface area (Å²) in [5, 5.41) is 10.5. The zero-order valence-corrected chi connectivity index (χ0v) is 23.3. The van der Waals surface area contributed by atoms with Crippen LogP contribution in [0.3, 0.4) is 0 Å². The lowest BCUT2D eigenvalue weighted by atomic mass is 9.69. The molecule has 196 valence electrons. The Morgan fingerprint density at radius 1 is 1.22 bits per heavy atom. The van der Waals surface area contributed by atoms with E-state index in [-0.39, 0.29) is 18.2 Å². The first kappa shape index (κ1) is 25.0. The SMILES string of the molecule is CC(C)(C)OC(=O)N1CCCC12CC(N1CCCc3cc(Cl)cc(-c4ccnc5cc(CO)sc45)c31)C2. The molecule has 3 aromatic rings. The second kappa shape index (κ2) is 9.14. The summed E-state index contributed by atoms with van der Waals surface area (Å²) in [6.45, 7) is 7.58. The van der Waals surface area contributed by atoms with Crippen molar-refractivity contribution < 1.29 is 14.6 Å². The maximum absolute atomic E-state index is 13.0. The zero-order chi connectivity index (χ0) is 25.9. The molecule has 1 spiro atoms. The number of pyridine rings is 1. The Hall–Kier alpha value is -2.35. The van der Waals surface area contributed by atoms with Crippen LogP contribution in [0.2, 0.25) is 5.02 Å². The molecule has 4 heterocycles. The second-order valence-electron chi connectivity index (χ2n) is 11.7. The Morgan fingerprint density at radius 2 is 2.03 bits per heavy atom. The minimum atomic E-state index is -0.489. The van der Waals surface area contributed by atoms with Gasteiger partial charge in [0, 0.05) is 52.0 Å². The van der Waals surface area contributed by atoms with Crippen molar-refractivity contribution in [1.29, 1.82) is 0 Å². The Balaban J connectivity index is 1.34. The van der Waals surface area contributed by atoms with Crippen LogP contribution >= 0.6 is 22.9 Å². The monoisotopic (exact) mass is 539 g/mol. The highest BCUT2D eigenvalue weighted by molar-refractivity contribution is 7.19. The Labute approximate surface area is 227 Å². The molecule has 3 aliphatic rings. The number of amides is 1. The van der Waals surface area contributed by atoms with Crippen LogP contribution in [-0.4, -0.2) is 51.4 Å². The summed E-state index contributed by atoms with van der Waals surface area (Å²) in [4.78, 5) is 23.1. The van der Waals surface area contributed by atoms with Crippen molar-refractivity contribution in [3.63, 3.8) is 0 Å². The summed E-state index contributed by atoms with van der Waals surface area (Å²) in [6, 6.07) is 8.62. The second-order valence-corrected chi connectivity index (χ2v) is 13.3. The third-order valence-corrected chi connectivity index (χ3v) is 9.44. The molecule has 0 unspecified atom stereocenters. The van der Waals surface area contributed by atoms with E-state index < -0.39 is 5.60 Å². The molecular formula is C29H34ClN3O3S. The van der Waals surface area contributed by atoms with Crippen molar-refractivity contribution in [2.24, 2.45) is 0 Å². The van der Waals surface area contributed by atoms with Gasteiger partial charge in [0.1, 0.15) is 5.60 Å². The van der Waals surface area contributed by atoms with Crippen molar-refractivity contribution in [2.75, 3.05) is 18.0 Å². The maximum atomic E-state index is 13.0. The number of carbonyl (C=O) groups excluding carboxylic acids is 1. The lowest BCUT2D eigenvalue weighted by molar-refractivity contribution is -0.0158. The highest BCUT2D eigenvalue weighted by atomic mass is 35.5. The van der Waals surface area contributed by atoms with E-state index in [9.17, 15) is 9.90 Å². The number of halogens is 1. The number of thiophene rings is 1. The molecule has 6 nitrogen and oxygen atoms in total. The molecule has 8 heteroatoms. The van der Waals surface area contributed by atoms with E-state index in [0.29, 0.717) is 6.04 Å². The van der Waals surface area contributed by atoms with E-state index in [2.05, 4.69) is 28.1 Å². The van der Waals surface area contributed by atoms with Crippen LogP contribution in [0.25, 0.3) is 21.3 Å². The van der Waals surface area contributed by atoms with Crippen molar-refractivity contribution in [1.82, 2.24) is 9.88 Å². The molecule has 0 atom stereocenters. The fourth-order valence-electron chi connectivity index (χ4n) is 6.59. The van der Waals surface area contributed by atoms with Gasteiger partial charge in [-0.3, -0.25) is 4.98 Å². The molecule has 1 saturated carbocycles. The highest BCUT2D eigenvalue weighted by Crippen LogP contribution is 2.52. The first-order chi connectivity index (χ1) is 17.7. The van der Waals surface area contributed by atoms with Gasteiger partial charge in [-0.05, 0) is 89.1 Å². The number of benzene rings is 1. The minimum absolute atomic E-state index is 0.0125. The number of ether oxygens (including phenoxy) is 1. The van der Waals surface area contributed by atoms with Crippen LogP contribution in [0.5, 0.6) is 0 Å². The fourth-order valence-corrected chi connectivity index (χ4v) is 7.83. The molecular weight excluding hydrogens is 506 g/mol. The molecule has 2 fully saturated rings. The van der Waals surface area contributed by atoms with Gasteiger partial charge in [-0.2, -0.15) is 0 Å². The average Bonchev–Trinajstić information content (AvgIpc) is 3.45. The molecule has 1 aliphatic carbocycles. The summed E-state index contributed by atoms with van der Waals surface area (Å²) in [5.41, 5.74) is 5.13. The van der Waals surface area contributed by atoms with E-state index in [1.165, 1.54) is 11.3 Å². The number of likely N-dealkylation sites (tertiary alicyclic amines) is 1. The number of aromatic nitrogens is 1. The molecule has 2 aliphatic heterocycles. The molecule has 1 aromatic carbocycles. The number of anilines is 1. The predicted molar refractivity (Wildman–Crippen MR) is 150 cm³/mol. The standard InChI is InChI=1S/C29H34ClN3O3S/c1-28(2,3)36-27(35)33-11-5-8-29(33)15-20(16-29)32-10-4-6-18-12-19(30)13-23(25(18)32)22-7-9-31-24-14-21(17-34)37-26(22)24/h7,9,12-14,20,34H,4-6,8,10-11,15-17H2,1-3H3. The fraction of sp³-hybridized carbons (Fsp3) is 0.517. The number of fused-ring (bicyclic) bond motifs is 2. The molecule has 2 aromatic heterocycles. The smallest absolute Gasteiger partial charge is 0.410 e. The number of hydrogen-bond donors (Lipinski definition) is 1. The van der Waals surface area contributed by atoms with Gasteiger partial charge in [-0.15, -0.1) is 11.3 Å². The maximum Gasteiger partial charge on any atom is 0.410 e. The van der Waals surface area contributed by atoms with Gasteiger partial charge in [0.05, 0.1) is 22.4 Å². The number of rotatable bonds is 3. The van der Waals surface area contributed by atoms with Crippen molar-refractivity contribution in [2.45, 2.75) is 83.1 Å². The first-order valence-electron chi connectivity index (χ1n) is 13.3. The molecule has 1 saturated heterocycles. The summed E-state index contributed by atoms with van der Waals surface area (Å²) in [6.07, 6.45) is 7.77. The van der Waals surface area contributed by atoms with Gasteiger partial charge in [0.25, 0.3) is 0 Å². The Kier molecular flexibility index (Phi) is 6.16.